The van der Waals surface area contributed by atoms with Crippen LogP contribution in [0.15, 0.2) is 47.8 Å². The molecular weight excluding hydrogens is 434 g/mol. The Hall–Kier alpha value is -2.67. The molecule has 6 nitrogen and oxygen atoms in total. The summed E-state index contributed by atoms with van der Waals surface area (Å²) in [6.07, 6.45) is 3.98. The van der Waals surface area contributed by atoms with Gasteiger partial charge in [0, 0.05) is 38.5 Å². The summed E-state index contributed by atoms with van der Waals surface area (Å²) in [7, 11) is 0. The molecule has 1 atom stereocenters. The van der Waals surface area contributed by atoms with Gasteiger partial charge in [-0.25, -0.2) is 0 Å². The molecule has 1 aromatic carbocycles. The monoisotopic (exact) mass is 467 g/mol. The van der Waals surface area contributed by atoms with Crippen LogP contribution in [0, 0.1) is 11.8 Å². The Labute approximate surface area is 200 Å². The number of thiophene rings is 1. The highest BCUT2D eigenvalue weighted by Gasteiger charge is 2.34. The molecule has 2 fully saturated rings. The SMILES string of the molecule is CC1CCN(C(=O)C2CCN(C(=O)C(Cc3ccccc3)NC(=O)c3cccs3)CC2)CC1. The van der Waals surface area contributed by atoms with Gasteiger partial charge in [-0.1, -0.05) is 43.3 Å². The highest BCUT2D eigenvalue weighted by Crippen LogP contribution is 2.24. The molecule has 1 aromatic heterocycles. The van der Waals surface area contributed by atoms with Gasteiger partial charge in [-0.3, -0.25) is 14.4 Å². The average molecular weight is 468 g/mol. The van der Waals surface area contributed by atoms with Crippen molar-refractivity contribution in [1.82, 2.24) is 15.1 Å². The first kappa shape index (κ1) is 23.5. The number of carbonyl (C=O) groups is 3. The summed E-state index contributed by atoms with van der Waals surface area (Å²) in [4.78, 5) is 43.5. The maximum absolute atomic E-state index is 13.4. The first-order valence-corrected chi connectivity index (χ1v) is 12.8. The van der Waals surface area contributed by atoms with Crippen LogP contribution in [-0.4, -0.2) is 59.7 Å². The maximum atomic E-state index is 13.4. The Bertz CT molecular complexity index is 931. The van der Waals surface area contributed by atoms with Gasteiger partial charge in [0.05, 0.1) is 4.88 Å². The summed E-state index contributed by atoms with van der Waals surface area (Å²) >= 11 is 1.36. The van der Waals surface area contributed by atoms with E-state index in [9.17, 15) is 14.4 Å². The normalized spacial score (nSPS) is 18.7. The molecule has 1 N–H and O–H groups in total. The minimum Gasteiger partial charge on any atom is -0.342 e. The van der Waals surface area contributed by atoms with Crippen LogP contribution in [0.5, 0.6) is 0 Å². The zero-order chi connectivity index (χ0) is 23.2. The Morgan fingerprint density at radius 1 is 0.939 bits per heavy atom. The van der Waals surface area contributed by atoms with E-state index in [4.69, 9.17) is 0 Å². The summed E-state index contributed by atoms with van der Waals surface area (Å²) in [5.41, 5.74) is 1.01. The predicted molar refractivity (Wildman–Crippen MR) is 130 cm³/mol. The predicted octanol–water partition coefficient (Wildman–Crippen LogP) is 3.59. The van der Waals surface area contributed by atoms with E-state index in [-0.39, 0.29) is 23.6 Å². The molecule has 33 heavy (non-hydrogen) atoms. The van der Waals surface area contributed by atoms with Gasteiger partial charge in [0.1, 0.15) is 6.04 Å². The zero-order valence-corrected chi connectivity index (χ0v) is 20.1. The lowest BCUT2D eigenvalue weighted by molar-refractivity contribution is -0.142. The summed E-state index contributed by atoms with van der Waals surface area (Å²) in [5, 5.41) is 4.81. The van der Waals surface area contributed by atoms with Gasteiger partial charge in [-0.05, 0) is 48.6 Å². The fourth-order valence-electron chi connectivity index (χ4n) is 4.74. The van der Waals surface area contributed by atoms with Crippen molar-refractivity contribution >= 4 is 29.1 Å². The van der Waals surface area contributed by atoms with E-state index in [1.165, 1.54) is 11.3 Å². The number of piperidine rings is 2. The quantitative estimate of drug-likeness (QED) is 0.706. The molecule has 0 aliphatic carbocycles. The van der Waals surface area contributed by atoms with Gasteiger partial charge in [-0.2, -0.15) is 0 Å². The highest BCUT2D eigenvalue weighted by molar-refractivity contribution is 7.12. The number of carbonyl (C=O) groups excluding carboxylic acids is 3. The molecule has 0 saturated carbocycles. The standard InChI is InChI=1S/C26H33N3O3S/c1-19-9-13-28(14-10-19)25(31)21-11-15-29(16-12-21)26(32)22(18-20-6-3-2-4-7-20)27-24(30)23-8-5-17-33-23/h2-8,17,19,21-22H,9-16,18H2,1H3,(H,27,30). The lowest BCUT2D eigenvalue weighted by Crippen LogP contribution is -2.53. The van der Waals surface area contributed by atoms with E-state index < -0.39 is 6.04 Å². The van der Waals surface area contributed by atoms with Crippen LogP contribution >= 0.6 is 11.3 Å². The Kier molecular flexibility index (Phi) is 7.81. The van der Waals surface area contributed by atoms with Gasteiger partial charge in [0.15, 0.2) is 0 Å². The summed E-state index contributed by atoms with van der Waals surface area (Å²) < 4.78 is 0. The third-order valence-electron chi connectivity index (χ3n) is 6.88. The molecule has 7 heteroatoms. The van der Waals surface area contributed by atoms with E-state index in [0.29, 0.717) is 43.1 Å². The van der Waals surface area contributed by atoms with Crippen LogP contribution in [0.2, 0.25) is 0 Å². The fourth-order valence-corrected chi connectivity index (χ4v) is 5.37. The third-order valence-corrected chi connectivity index (χ3v) is 7.75. The molecule has 0 bridgehead atoms. The minimum absolute atomic E-state index is 0.00395. The largest absolute Gasteiger partial charge is 0.342 e. The van der Waals surface area contributed by atoms with Crippen LogP contribution in [0.25, 0.3) is 0 Å². The summed E-state index contributed by atoms with van der Waals surface area (Å²) in [5.74, 6) is 0.654. The topological polar surface area (TPSA) is 69.7 Å². The van der Waals surface area contributed by atoms with Crippen molar-refractivity contribution in [2.75, 3.05) is 26.2 Å². The lowest BCUT2D eigenvalue weighted by atomic mass is 9.92. The molecule has 176 valence electrons. The number of amides is 3. The molecule has 4 rings (SSSR count). The van der Waals surface area contributed by atoms with E-state index in [2.05, 4.69) is 12.2 Å². The van der Waals surface area contributed by atoms with Gasteiger partial charge >= 0.3 is 0 Å². The molecule has 3 amide bonds. The number of nitrogens with one attached hydrogen (secondary N) is 1. The Morgan fingerprint density at radius 2 is 1.61 bits per heavy atom. The van der Waals surface area contributed by atoms with Crippen molar-refractivity contribution < 1.29 is 14.4 Å². The first-order valence-electron chi connectivity index (χ1n) is 12.0. The molecule has 0 radical (unpaired) electrons. The van der Waals surface area contributed by atoms with Crippen LogP contribution in [0.1, 0.15) is 47.8 Å². The number of benzene rings is 1. The average Bonchev–Trinajstić information content (AvgIpc) is 3.39. The van der Waals surface area contributed by atoms with Gasteiger partial charge < -0.3 is 15.1 Å². The van der Waals surface area contributed by atoms with E-state index in [0.717, 1.165) is 31.5 Å². The maximum Gasteiger partial charge on any atom is 0.262 e. The molecular formula is C26H33N3O3S. The smallest absolute Gasteiger partial charge is 0.262 e. The molecule has 2 aliphatic heterocycles. The van der Waals surface area contributed by atoms with Crippen LogP contribution in [0.3, 0.4) is 0 Å². The highest BCUT2D eigenvalue weighted by atomic mass is 32.1. The van der Waals surface area contributed by atoms with Crippen molar-refractivity contribution in [3.05, 3.63) is 58.3 Å². The molecule has 1 unspecified atom stereocenters. The third kappa shape index (κ3) is 6.02. The van der Waals surface area contributed by atoms with E-state index >= 15 is 0 Å². The van der Waals surface area contributed by atoms with Gasteiger partial charge in [0.2, 0.25) is 11.8 Å². The molecule has 3 heterocycles. The van der Waals surface area contributed by atoms with Crippen molar-refractivity contribution in [1.29, 1.82) is 0 Å². The van der Waals surface area contributed by atoms with Crippen LogP contribution < -0.4 is 5.32 Å². The van der Waals surface area contributed by atoms with E-state index in [1.807, 2.05) is 51.6 Å². The van der Waals surface area contributed by atoms with Crippen molar-refractivity contribution in [3.8, 4) is 0 Å². The first-order chi connectivity index (χ1) is 16.0. The second-order valence-corrected chi connectivity index (χ2v) is 10.2. The molecule has 0 spiro atoms. The second-order valence-electron chi connectivity index (χ2n) is 9.30. The number of hydrogen-bond donors (Lipinski definition) is 1. The second kappa shape index (κ2) is 11.0. The molecule has 2 aromatic rings. The molecule has 2 saturated heterocycles. The van der Waals surface area contributed by atoms with Crippen molar-refractivity contribution in [3.63, 3.8) is 0 Å². The zero-order valence-electron chi connectivity index (χ0n) is 19.2. The minimum atomic E-state index is -0.627. The van der Waals surface area contributed by atoms with Gasteiger partial charge in [0.25, 0.3) is 5.91 Å². The Morgan fingerprint density at radius 3 is 2.24 bits per heavy atom. The summed E-state index contributed by atoms with van der Waals surface area (Å²) in [6.45, 7) is 5.06. The number of rotatable bonds is 6. The summed E-state index contributed by atoms with van der Waals surface area (Å²) in [6, 6.07) is 12.7. The lowest BCUT2D eigenvalue weighted by Gasteiger charge is -2.37. The number of nitrogens with zero attached hydrogens (tertiary/aromatic N) is 2. The van der Waals surface area contributed by atoms with E-state index in [1.54, 1.807) is 6.07 Å². The van der Waals surface area contributed by atoms with Crippen LogP contribution in [0.4, 0.5) is 0 Å². The van der Waals surface area contributed by atoms with Crippen molar-refractivity contribution in [2.24, 2.45) is 11.8 Å². The number of hydrogen-bond acceptors (Lipinski definition) is 4. The van der Waals surface area contributed by atoms with Crippen molar-refractivity contribution in [2.45, 2.75) is 45.1 Å². The van der Waals surface area contributed by atoms with Gasteiger partial charge in [-0.15, -0.1) is 11.3 Å². The number of likely N-dealkylation sites (tertiary alicyclic amines) is 2. The fraction of sp³-hybridized carbons (Fsp3) is 0.500. The molecule has 2 aliphatic rings. The Balaban J connectivity index is 1.37. The van der Waals surface area contributed by atoms with Crippen LogP contribution in [-0.2, 0) is 16.0 Å².